The number of fused-ring (bicyclic) bond motifs is 1. The number of H-pyrrole nitrogens is 1. The Balaban J connectivity index is 1.29. The number of hydrogen-bond acceptors (Lipinski definition) is 11. The number of nitrogen functional groups attached to an aromatic ring is 1. The molecular formula is C30H36N6O8P+. The first-order chi connectivity index (χ1) is 21.4. The van der Waals surface area contributed by atoms with Gasteiger partial charge < -0.3 is 20.3 Å². The van der Waals surface area contributed by atoms with Gasteiger partial charge in [-0.1, -0.05) is 63.2 Å². The summed E-state index contributed by atoms with van der Waals surface area (Å²) in [7, 11) is -2.74. The lowest BCUT2D eigenvalue weighted by Gasteiger charge is -2.20. The minimum Gasteiger partial charge on any atom is -0.459 e. The molecule has 1 fully saturated rings. The number of anilines is 1. The zero-order valence-electron chi connectivity index (χ0n) is 25.3. The normalized spacial score (nSPS) is 19.5. The van der Waals surface area contributed by atoms with Gasteiger partial charge in [0.1, 0.15) is 12.7 Å². The van der Waals surface area contributed by atoms with Crippen molar-refractivity contribution in [1.29, 1.82) is 0 Å². The van der Waals surface area contributed by atoms with Gasteiger partial charge >= 0.3 is 14.1 Å². The van der Waals surface area contributed by atoms with Crippen LogP contribution >= 0.6 is 8.18 Å². The minimum atomic E-state index is -2.74. The number of carbonyl (C=O) groups excluding carboxylic acids is 1. The van der Waals surface area contributed by atoms with Crippen LogP contribution in [-0.4, -0.2) is 60.3 Å². The maximum Gasteiger partial charge on any atom is 0.693 e. The number of nitrogens with two attached hydrogens (primary N) is 1. The van der Waals surface area contributed by atoms with E-state index in [-0.39, 0.29) is 42.2 Å². The van der Waals surface area contributed by atoms with Crippen molar-refractivity contribution >= 4 is 31.3 Å². The van der Waals surface area contributed by atoms with Crippen LogP contribution in [0.25, 0.3) is 11.2 Å². The molecule has 0 saturated carbocycles. The summed E-state index contributed by atoms with van der Waals surface area (Å²) in [4.78, 5) is 42.6. The number of aromatic amines is 1. The summed E-state index contributed by atoms with van der Waals surface area (Å²) in [5.74, 6) is -0.468. The molecule has 2 aromatic heterocycles. The SMILES string of the molecule is C[C@@H](C(=O)OCc1ccccc1)N(OC[C@@H]1CC(O)[C@H](n2cnc3c(=O)[nH]c(N)nc32)O1)[P+](=O)Oc1ccc(C(C)(C)C)cc1. The Kier molecular flexibility index (Phi) is 9.61. The molecule has 0 bridgehead atoms. The van der Waals surface area contributed by atoms with Crippen LogP contribution < -0.4 is 15.8 Å². The van der Waals surface area contributed by atoms with Crippen LogP contribution in [0, 0.1) is 0 Å². The third-order valence-corrected chi connectivity index (χ3v) is 8.39. The molecule has 238 valence electrons. The molecule has 0 amide bonds. The summed E-state index contributed by atoms with van der Waals surface area (Å²) in [6.07, 6.45) is -1.23. The van der Waals surface area contributed by atoms with Crippen LogP contribution in [-0.2, 0) is 35.7 Å². The van der Waals surface area contributed by atoms with Gasteiger partial charge in [-0.25, -0.2) is 9.51 Å². The van der Waals surface area contributed by atoms with E-state index in [1.807, 2.05) is 42.5 Å². The lowest BCUT2D eigenvalue weighted by atomic mass is 9.87. The van der Waals surface area contributed by atoms with Crippen LogP contribution in [0.2, 0.25) is 0 Å². The molecule has 4 aromatic rings. The zero-order valence-corrected chi connectivity index (χ0v) is 26.2. The number of benzene rings is 2. The van der Waals surface area contributed by atoms with E-state index in [0.717, 1.165) is 16.0 Å². The van der Waals surface area contributed by atoms with Crippen LogP contribution in [0.5, 0.6) is 5.75 Å². The van der Waals surface area contributed by atoms with Crippen molar-refractivity contribution in [2.45, 2.75) is 70.6 Å². The number of imidazole rings is 1. The van der Waals surface area contributed by atoms with Crippen molar-refractivity contribution in [2.75, 3.05) is 12.3 Å². The second-order valence-electron chi connectivity index (χ2n) is 11.7. The zero-order chi connectivity index (χ0) is 32.3. The van der Waals surface area contributed by atoms with Crippen molar-refractivity contribution in [2.24, 2.45) is 0 Å². The van der Waals surface area contributed by atoms with Crippen molar-refractivity contribution in [3.8, 4) is 5.75 Å². The van der Waals surface area contributed by atoms with Gasteiger partial charge in [0.25, 0.3) is 5.56 Å². The first kappa shape index (κ1) is 32.2. The topological polar surface area (TPSA) is 184 Å². The standard InChI is InChI=1S/C30H35N6O8P/c1-18(28(39)41-15-19-8-6-5-7-9-19)36(45(40)44-21-12-10-20(11-13-21)30(2,3)4)42-16-22-14-23(37)27(43-22)35-17-32-24-25(35)33-29(31)34-26(24)38/h5-13,17-18,22-23,27,37H,14-16H2,1-4H3,(H2-,31,33,34,38)/p+1/t18-,22-,23?,27+/m0/s1. The molecule has 3 heterocycles. The van der Waals surface area contributed by atoms with Crippen molar-refractivity contribution < 1.29 is 33.3 Å². The Hall–Kier alpha value is -4.20. The number of rotatable bonds is 11. The maximum atomic E-state index is 13.5. The Morgan fingerprint density at radius 3 is 2.62 bits per heavy atom. The fraction of sp³-hybridized carbons (Fsp3) is 0.400. The lowest BCUT2D eigenvalue weighted by Crippen LogP contribution is -2.38. The number of nitrogens with one attached hydrogen (secondary N) is 1. The summed E-state index contributed by atoms with van der Waals surface area (Å²) in [6.45, 7) is 7.55. The van der Waals surface area contributed by atoms with E-state index < -0.39 is 44.2 Å². The molecule has 1 aliphatic rings. The van der Waals surface area contributed by atoms with Crippen molar-refractivity contribution in [1.82, 2.24) is 24.4 Å². The Morgan fingerprint density at radius 1 is 1.22 bits per heavy atom. The lowest BCUT2D eigenvalue weighted by molar-refractivity contribution is -0.178. The second kappa shape index (κ2) is 13.4. The van der Waals surface area contributed by atoms with Gasteiger partial charge in [-0.2, -0.15) is 4.98 Å². The van der Waals surface area contributed by atoms with Gasteiger partial charge in [-0.15, -0.1) is 0 Å². The molecular weight excluding hydrogens is 603 g/mol. The van der Waals surface area contributed by atoms with Gasteiger partial charge in [0.15, 0.2) is 29.2 Å². The monoisotopic (exact) mass is 639 g/mol. The third kappa shape index (κ3) is 7.55. The summed E-state index contributed by atoms with van der Waals surface area (Å²) in [5.41, 5.74) is 7.13. The second-order valence-corrected chi connectivity index (χ2v) is 12.8. The molecule has 1 aliphatic heterocycles. The highest BCUT2D eigenvalue weighted by Gasteiger charge is 2.45. The quantitative estimate of drug-likeness (QED) is 0.123. The van der Waals surface area contributed by atoms with E-state index >= 15 is 0 Å². The molecule has 1 saturated heterocycles. The van der Waals surface area contributed by atoms with Gasteiger partial charge in [0.2, 0.25) is 5.95 Å². The molecule has 0 radical (unpaired) electrons. The highest BCUT2D eigenvalue weighted by Crippen LogP contribution is 2.37. The largest absolute Gasteiger partial charge is 0.693 e. The Labute approximate surface area is 260 Å². The first-order valence-corrected chi connectivity index (χ1v) is 15.5. The molecule has 45 heavy (non-hydrogen) atoms. The number of hydrogen-bond donors (Lipinski definition) is 3. The van der Waals surface area contributed by atoms with E-state index in [0.29, 0.717) is 5.75 Å². The molecule has 2 unspecified atom stereocenters. The average molecular weight is 640 g/mol. The van der Waals surface area contributed by atoms with Crippen LogP contribution in [0.15, 0.2) is 65.7 Å². The predicted molar refractivity (Wildman–Crippen MR) is 164 cm³/mol. The molecule has 2 aromatic carbocycles. The third-order valence-electron chi connectivity index (χ3n) is 7.24. The number of nitrogens with zero attached hydrogens (tertiary/aromatic N) is 4. The number of aromatic nitrogens is 4. The molecule has 4 N–H and O–H groups in total. The van der Waals surface area contributed by atoms with Gasteiger partial charge in [-0.05, 0) is 35.6 Å². The number of ether oxygens (including phenoxy) is 2. The molecule has 5 atom stereocenters. The van der Waals surface area contributed by atoms with E-state index in [9.17, 15) is 19.3 Å². The number of hydroxylamine groups is 1. The Bertz CT molecular complexity index is 1710. The van der Waals surface area contributed by atoms with E-state index in [4.69, 9.17) is 24.6 Å². The number of esters is 1. The number of carbonyl (C=O) groups is 1. The number of aliphatic hydroxyl groups is 1. The fourth-order valence-corrected chi connectivity index (χ4v) is 5.68. The van der Waals surface area contributed by atoms with E-state index in [2.05, 4.69) is 35.7 Å². The van der Waals surface area contributed by atoms with Crippen LogP contribution in [0.1, 0.15) is 51.5 Å². The molecule has 0 aliphatic carbocycles. The summed E-state index contributed by atoms with van der Waals surface area (Å²) >= 11 is 0. The molecule has 14 nitrogen and oxygen atoms in total. The summed E-state index contributed by atoms with van der Waals surface area (Å²) < 4.78 is 32.1. The Morgan fingerprint density at radius 2 is 1.93 bits per heavy atom. The van der Waals surface area contributed by atoms with Gasteiger partial charge in [0.05, 0.1) is 23.9 Å². The number of aliphatic hydroxyl groups excluding tert-OH is 1. The fourth-order valence-electron chi connectivity index (χ4n) is 4.76. The first-order valence-electron chi connectivity index (χ1n) is 14.3. The van der Waals surface area contributed by atoms with E-state index in [1.165, 1.54) is 17.8 Å². The molecule has 0 spiro atoms. The molecule has 5 rings (SSSR count). The van der Waals surface area contributed by atoms with Crippen LogP contribution in [0.3, 0.4) is 0 Å². The van der Waals surface area contributed by atoms with E-state index in [1.54, 1.807) is 12.1 Å². The average Bonchev–Trinajstić information content (AvgIpc) is 3.59. The van der Waals surface area contributed by atoms with Crippen molar-refractivity contribution in [3.63, 3.8) is 0 Å². The molecule has 15 heteroatoms. The van der Waals surface area contributed by atoms with Gasteiger partial charge in [-0.3, -0.25) is 24.0 Å². The minimum absolute atomic E-state index is 0.0175. The van der Waals surface area contributed by atoms with Crippen LogP contribution in [0.4, 0.5) is 5.95 Å². The highest BCUT2D eigenvalue weighted by molar-refractivity contribution is 7.36. The van der Waals surface area contributed by atoms with Crippen molar-refractivity contribution in [3.05, 3.63) is 82.4 Å². The summed E-state index contributed by atoms with van der Waals surface area (Å²) in [6, 6.07) is 15.2. The maximum absolute atomic E-state index is 13.5. The smallest absolute Gasteiger partial charge is 0.459 e. The highest BCUT2D eigenvalue weighted by atomic mass is 31.1. The van der Waals surface area contributed by atoms with Gasteiger partial charge in [0, 0.05) is 11.0 Å². The predicted octanol–water partition coefficient (Wildman–Crippen LogP) is 3.75. The summed E-state index contributed by atoms with van der Waals surface area (Å²) in [5, 5.41) is 10.8.